The molecule has 6 heteroatoms. The molecule has 0 atom stereocenters. The largest absolute Gasteiger partial charge is 0.357 e. The summed E-state index contributed by atoms with van der Waals surface area (Å²) in [6, 6.07) is 13.5. The van der Waals surface area contributed by atoms with Crippen molar-refractivity contribution in [2.24, 2.45) is 0 Å². The molecule has 126 valence electrons. The van der Waals surface area contributed by atoms with Crippen LogP contribution in [-0.4, -0.2) is 28.0 Å². The van der Waals surface area contributed by atoms with Gasteiger partial charge in [-0.1, -0.05) is 17.7 Å². The van der Waals surface area contributed by atoms with E-state index in [2.05, 4.69) is 31.2 Å². The number of pyridine rings is 1. The SMILES string of the molecule is Clc1cccc(Nc2nccc(-c3ccnc(N4CCCC4)c3)n2)c1. The van der Waals surface area contributed by atoms with Crippen molar-refractivity contribution >= 4 is 29.1 Å². The molecule has 0 bridgehead atoms. The van der Waals surface area contributed by atoms with Crippen LogP contribution < -0.4 is 10.2 Å². The molecule has 4 rings (SSSR count). The van der Waals surface area contributed by atoms with E-state index in [0.717, 1.165) is 35.9 Å². The Bertz CT molecular complexity index is 877. The Morgan fingerprint density at radius 1 is 0.960 bits per heavy atom. The molecular formula is C19H18ClN5. The van der Waals surface area contributed by atoms with E-state index in [1.165, 1.54) is 12.8 Å². The van der Waals surface area contributed by atoms with Gasteiger partial charge in [-0.3, -0.25) is 0 Å². The maximum atomic E-state index is 6.03. The minimum atomic E-state index is 0.541. The van der Waals surface area contributed by atoms with Gasteiger partial charge >= 0.3 is 0 Å². The maximum absolute atomic E-state index is 6.03. The lowest BCUT2D eigenvalue weighted by molar-refractivity contribution is 0.938. The van der Waals surface area contributed by atoms with Gasteiger partial charge in [0, 0.05) is 41.8 Å². The van der Waals surface area contributed by atoms with Crippen molar-refractivity contribution in [3.8, 4) is 11.3 Å². The monoisotopic (exact) mass is 351 g/mol. The topological polar surface area (TPSA) is 53.9 Å². The Hall–Kier alpha value is -2.66. The molecule has 1 aromatic carbocycles. The number of nitrogens with zero attached hydrogens (tertiary/aromatic N) is 4. The number of benzene rings is 1. The van der Waals surface area contributed by atoms with Crippen LogP contribution in [0, 0.1) is 0 Å². The number of halogens is 1. The van der Waals surface area contributed by atoms with Crippen molar-refractivity contribution in [3.05, 3.63) is 59.9 Å². The summed E-state index contributed by atoms with van der Waals surface area (Å²) in [6.07, 6.45) is 6.06. The van der Waals surface area contributed by atoms with Crippen LogP contribution in [0.25, 0.3) is 11.3 Å². The summed E-state index contributed by atoms with van der Waals surface area (Å²) >= 11 is 6.03. The van der Waals surface area contributed by atoms with E-state index in [-0.39, 0.29) is 0 Å². The van der Waals surface area contributed by atoms with Crippen molar-refractivity contribution in [1.82, 2.24) is 15.0 Å². The van der Waals surface area contributed by atoms with Gasteiger partial charge in [0.1, 0.15) is 5.82 Å². The first-order chi connectivity index (χ1) is 12.3. The smallest absolute Gasteiger partial charge is 0.227 e. The highest BCUT2D eigenvalue weighted by atomic mass is 35.5. The first kappa shape index (κ1) is 15.8. The molecule has 25 heavy (non-hydrogen) atoms. The number of anilines is 3. The molecule has 0 amide bonds. The summed E-state index contributed by atoms with van der Waals surface area (Å²) in [4.78, 5) is 15.7. The third-order valence-corrected chi connectivity index (χ3v) is 4.44. The molecule has 0 spiro atoms. The summed E-state index contributed by atoms with van der Waals surface area (Å²) in [5.74, 6) is 1.55. The highest BCUT2D eigenvalue weighted by Crippen LogP contribution is 2.25. The number of aromatic nitrogens is 3. The molecule has 3 aromatic rings. The van der Waals surface area contributed by atoms with Gasteiger partial charge in [-0.25, -0.2) is 15.0 Å². The second kappa shape index (κ2) is 7.07. The van der Waals surface area contributed by atoms with Crippen molar-refractivity contribution in [1.29, 1.82) is 0 Å². The number of hydrogen-bond donors (Lipinski definition) is 1. The quantitative estimate of drug-likeness (QED) is 0.748. The molecule has 3 heterocycles. The summed E-state index contributed by atoms with van der Waals surface area (Å²) in [6.45, 7) is 2.14. The zero-order chi connectivity index (χ0) is 17.1. The molecule has 1 aliphatic rings. The van der Waals surface area contributed by atoms with Gasteiger partial charge in [-0.05, 0) is 49.2 Å². The lowest BCUT2D eigenvalue weighted by Crippen LogP contribution is -2.18. The average Bonchev–Trinajstić information content (AvgIpc) is 3.17. The fourth-order valence-electron chi connectivity index (χ4n) is 2.97. The van der Waals surface area contributed by atoms with Gasteiger partial charge in [-0.15, -0.1) is 0 Å². The van der Waals surface area contributed by atoms with Crippen LogP contribution in [0.4, 0.5) is 17.5 Å². The van der Waals surface area contributed by atoms with Gasteiger partial charge in [0.25, 0.3) is 0 Å². The molecule has 0 radical (unpaired) electrons. The first-order valence-corrected chi connectivity index (χ1v) is 8.73. The second-order valence-electron chi connectivity index (χ2n) is 6.00. The van der Waals surface area contributed by atoms with Crippen LogP contribution in [-0.2, 0) is 0 Å². The van der Waals surface area contributed by atoms with Crippen LogP contribution >= 0.6 is 11.6 Å². The van der Waals surface area contributed by atoms with Crippen molar-refractivity contribution in [2.45, 2.75) is 12.8 Å². The normalized spacial score (nSPS) is 13.9. The Kier molecular flexibility index (Phi) is 4.48. The van der Waals surface area contributed by atoms with Crippen molar-refractivity contribution in [2.75, 3.05) is 23.3 Å². The van der Waals surface area contributed by atoms with Crippen molar-refractivity contribution in [3.63, 3.8) is 0 Å². The van der Waals surface area contributed by atoms with E-state index >= 15 is 0 Å². The standard InChI is InChI=1S/C19H18ClN5/c20-15-4-3-5-16(13-15)23-19-22-9-7-17(24-19)14-6-8-21-18(12-14)25-10-1-2-11-25/h3-9,12-13H,1-2,10-11H2,(H,22,23,24). The summed E-state index contributed by atoms with van der Waals surface area (Å²) in [5.41, 5.74) is 2.76. The highest BCUT2D eigenvalue weighted by Gasteiger charge is 2.14. The Labute approximate surface area is 151 Å². The van der Waals surface area contributed by atoms with Crippen LogP contribution in [0.2, 0.25) is 5.02 Å². The zero-order valence-corrected chi connectivity index (χ0v) is 14.4. The lowest BCUT2D eigenvalue weighted by Gasteiger charge is -2.16. The zero-order valence-electron chi connectivity index (χ0n) is 13.7. The third kappa shape index (κ3) is 3.72. The number of nitrogens with one attached hydrogen (secondary N) is 1. The predicted molar refractivity (Wildman–Crippen MR) is 101 cm³/mol. The molecule has 1 fully saturated rings. The van der Waals surface area contributed by atoms with Crippen LogP contribution in [0.5, 0.6) is 0 Å². The van der Waals surface area contributed by atoms with Crippen molar-refractivity contribution < 1.29 is 0 Å². The molecule has 2 aromatic heterocycles. The van der Waals surface area contributed by atoms with E-state index in [9.17, 15) is 0 Å². The second-order valence-corrected chi connectivity index (χ2v) is 6.43. The van der Waals surface area contributed by atoms with Crippen LogP contribution in [0.3, 0.4) is 0 Å². The highest BCUT2D eigenvalue weighted by molar-refractivity contribution is 6.30. The van der Waals surface area contributed by atoms with E-state index in [4.69, 9.17) is 11.6 Å². The number of hydrogen-bond acceptors (Lipinski definition) is 5. The van der Waals surface area contributed by atoms with E-state index in [1.807, 2.05) is 42.6 Å². The molecular weight excluding hydrogens is 334 g/mol. The Morgan fingerprint density at radius 3 is 2.64 bits per heavy atom. The molecule has 0 saturated carbocycles. The molecule has 1 saturated heterocycles. The molecule has 1 N–H and O–H groups in total. The first-order valence-electron chi connectivity index (χ1n) is 8.35. The molecule has 0 aliphatic carbocycles. The van der Waals surface area contributed by atoms with Gasteiger partial charge in [0.05, 0.1) is 5.69 Å². The van der Waals surface area contributed by atoms with Crippen LogP contribution in [0.15, 0.2) is 54.9 Å². The van der Waals surface area contributed by atoms with Gasteiger partial charge in [-0.2, -0.15) is 0 Å². The molecule has 5 nitrogen and oxygen atoms in total. The lowest BCUT2D eigenvalue weighted by atomic mass is 10.2. The van der Waals surface area contributed by atoms with Crippen LogP contribution in [0.1, 0.15) is 12.8 Å². The predicted octanol–water partition coefficient (Wildman–Crippen LogP) is 4.54. The van der Waals surface area contributed by atoms with Gasteiger partial charge in [0.15, 0.2) is 0 Å². The number of rotatable bonds is 4. The Balaban J connectivity index is 1.60. The summed E-state index contributed by atoms with van der Waals surface area (Å²) < 4.78 is 0. The fraction of sp³-hybridized carbons (Fsp3) is 0.211. The average molecular weight is 352 g/mol. The van der Waals surface area contributed by atoms with E-state index in [1.54, 1.807) is 6.20 Å². The van der Waals surface area contributed by atoms with E-state index in [0.29, 0.717) is 11.0 Å². The molecule has 0 unspecified atom stereocenters. The summed E-state index contributed by atoms with van der Waals surface area (Å²) in [5, 5.41) is 3.86. The minimum Gasteiger partial charge on any atom is -0.357 e. The third-order valence-electron chi connectivity index (χ3n) is 4.21. The van der Waals surface area contributed by atoms with Gasteiger partial charge in [0.2, 0.25) is 5.95 Å². The summed E-state index contributed by atoms with van der Waals surface area (Å²) in [7, 11) is 0. The van der Waals surface area contributed by atoms with E-state index < -0.39 is 0 Å². The fourth-order valence-corrected chi connectivity index (χ4v) is 3.16. The molecule has 1 aliphatic heterocycles. The maximum Gasteiger partial charge on any atom is 0.227 e. The minimum absolute atomic E-state index is 0.541. The van der Waals surface area contributed by atoms with Gasteiger partial charge < -0.3 is 10.2 Å². The Morgan fingerprint density at radius 2 is 1.80 bits per heavy atom.